The Labute approximate surface area is 99.7 Å². The molecule has 2 aliphatic carbocycles. The molecule has 0 bridgehead atoms. The van der Waals surface area contributed by atoms with E-state index in [-0.39, 0.29) is 0 Å². The van der Waals surface area contributed by atoms with Crippen LogP contribution in [-0.4, -0.2) is 25.4 Å². The number of rotatable bonds is 7. The zero-order chi connectivity index (χ0) is 11.4. The molecule has 0 atom stereocenters. The standard InChI is InChI=1S/C14H26O2/c1-3-4-5-15-14-8-12(9-14)10-16-13-6-11(2)7-13/h11-14H,3-10H2,1-2H3/t11-,12?,13+,14?. The summed E-state index contributed by atoms with van der Waals surface area (Å²) in [6, 6.07) is 0. The van der Waals surface area contributed by atoms with E-state index >= 15 is 0 Å². The van der Waals surface area contributed by atoms with E-state index in [9.17, 15) is 0 Å². The molecule has 16 heavy (non-hydrogen) atoms. The number of ether oxygens (including phenoxy) is 2. The van der Waals surface area contributed by atoms with Gasteiger partial charge in [-0.1, -0.05) is 20.3 Å². The molecule has 0 aromatic heterocycles. The molecule has 0 unspecified atom stereocenters. The lowest BCUT2D eigenvalue weighted by Crippen LogP contribution is -2.37. The number of unbranched alkanes of at least 4 members (excludes halogenated alkanes) is 1. The molecule has 2 fully saturated rings. The number of hydrogen-bond acceptors (Lipinski definition) is 2. The fourth-order valence-electron chi connectivity index (χ4n) is 2.58. The molecule has 2 heteroatoms. The molecule has 0 aliphatic heterocycles. The van der Waals surface area contributed by atoms with Crippen molar-refractivity contribution in [1.82, 2.24) is 0 Å². The molecule has 0 amide bonds. The zero-order valence-electron chi connectivity index (χ0n) is 10.8. The van der Waals surface area contributed by atoms with E-state index in [1.54, 1.807) is 0 Å². The van der Waals surface area contributed by atoms with Crippen molar-refractivity contribution in [2.75, 3.05) is 13.2 Å². The van der Waals surface area contributed by atoms with Gasteiger partial charge in [-0.05, 0) is 43.9 Å². The normalized spacial score (nSPS) is 37.9. The zero-order valence-corrected chi connectivity index (χ0v) is 10.8. The first-order valence-electron chi connectivity index (χ1n) is 7.01. The molecule has 2 nitrogen and oxygen atoms in total. The molecule has 0 heterocycles. The summed E-state index contributed by atoms with van der Waals surface area (Å²) in [7, 11) is 0. The molecular formula is C14H26O2. The monoisotopic (exact) mass is 226 g/mol. The first-order chi connectivity index (χ1) is 7.78. The maximum Gasteiger partial charge on any atom is 0.0582 e. The smallest absolute Gasteiger partial charge is 0.0582 e. The minimum absolute atomic E-state index is 0.542. The van der Waals surface area contributed by atoms with Crippen molar-refractivity contribution in [3.8, 4) is 0 Å². The first kappa shape index (κ1) is 12.4. The van der Waals surface area contributed by atoms with Gasteiger partial charge >= 0.3 is 0 Å². The summed E-state index contributed by atoms with van der Waals surface area (Å²) in [4.78, 5) is 0. The Morgan fingerprint density at radius 3 is 2.31 bits per heavy atom. The van der Waals surface area contributed by atoms with Gasteiger partial charge in [0.1, 0.15) is 0 Å². The van der Waals surface area contributed by atoms with Crippen molar-refractivity contribution in [2.24, 2.45) is 11.8 Å². The lowest BCUT2D eigenvalue weighted by atomic mass is 9.81. The lowest BCUT2D eigenvalue weighted by molar-refractivity contribution is -0.0914. The van der Waals surface area contributed by atoms with E-state index in [1.807, 2.05) is 0 Å². The molecule has 94 valence electrons. The van der Waals surface area contributed by atoms with Gasteiger partial charge in [-0.25, -0.2) is 0 Å². The maximum atomic E-state index is 5.87. The molecule has 0 N–H and O–H groups in total. The Morgan fingerprint density at radius 1 is 1.00 bits per heavy atom. The minimum atomic E-state index is 0.542. The van der Waals surface area contributed by atoms with Gasteiger partial charge in [0.25, 0.3) is 0 Å². The third-order valence-electron chi connectivity index (χ3n) is 3.94. The molecule has 0 radical (unpaired) electrons. The first-order valence-corrected chi connectivity index (χ1v) is 7.01. The summed E-state index contributed by atoms with van der Waals surface area (Å²) in [5.74, 6) is 1.68. The second-order valence-corrected chi connectivity index (χ2v) is 5.72. The Hall–Kier alpha value is -0.0800. The average molecular weight is 226 g/mol. The minimum Gasteiger partial charge on any atom is -0.378 e. The lowest BCUT2D eigenvalue weighted by Gasteiger charge is -2.38. The van der Waals surface area contributed by atoms with Crippen LogP contribution in [0.3, 0.4) is 0 Å². The van der Waals surface area contributed by atoms with Gasteiger partial charge < -0.3 is 9.47 Å². The van der Waals surface area contributed by atoms with Gasteiger partial charge in [-0.15, -0.1) is 0 Å². The second kappa shape index (κ2) is 6.02. The van der Waals surface area contributed by atoms with E-state index in [0.717, 1.165) is 25.0 Å². The van der Waals surface area contributed by atoms with Crippen LogP contribution in [0, 0.1) is 11.8 Å². The van der Waals surface area contributed by atoms with Crippen LogP contribution in [0.4, 0.5) is 0 Å². The van der Waals surface area contributed by atoms with Crippen LogP contribution < -0.4 is 0 Å². The Kier molecular flexibility index (Phi) is 4.66. The summed E-state index contributed by atoms with van der Waals surface area (Å²) < 4.78 is 11.6. The van der Waals surface area contributed by atoms with Crippen molar-refractivity contribution < 1.29 is 9.47 Å². The fourth-order valence-corrected chi connectivity index (χ4v) is 2.58. The van der Waals surface area contributed by atoms with Gasteiger partial charge in [0, 0.05) is 13.2 Å². The average Bonchev–Trinajstić information content (AvgIpc) is 2.17. The largest absolute Gasteiger partial charge is 0.378 e. The maximum absolute atomic E-state index is 5.87. The van der Waals surface area contributed by atoms with Gasteiger partial charge in [-0.2, -0.15) is 0 Å². The highest BCUT2D eigenvalue weighted by atomic mass is 16.5. The van der Waals surface area contributed by atoms with Crippen molar-refractivity contribution in [3.05, 3.63) is 0 Å². The predicted octanol–water partition coefficient (Wildman–Crippen LogP) is 3.40. The SMILES string of the molecule is CCCCOC1CC(CO[C@H]2C[C@@H](C)C2)C1. The Balaban J connectivity index is 1.43. The van der Waals surface area contributed by atoms with E-state index in [4.69, 9.17) is 9.47 Å². The molecule has 2 aliphatic rings. The van der Waals surface area contributed by atoms with Gasteiger partial charge in [0.05, 0.1) is 12.2 Å². The van der Waals surface area contributed by atoms with Crippen LogP contribution in [0.25, 0.3) is 0 Å². The highest BCUT2D eigenvalue weighted by Crippen LogP contribution is 2.34. The van der Waals surface area contributed by atoms with Crippen LogP contribution in [0.1, 0.15) is 52.4 Å². The van der Waals surface area contributed by atoms with Crippen LogP contribution in [0.2, 0.25) is 0 Å². The summed E-state index contributed by atoms with van der Waals surface area (Å²) in [5.41, 5.74) is 0. The molecule has 2 rings (SSSR count). The van der Waals surface area contributed by atoms with Crippen LogP contribution in [0.15, 0.2) is 0 Å². The van der Waals surface area contributed by atoms with E-state index in [1.165, 1.54) is 38.5 Å². The fraction of sp³-hybridized carbons (Fsp3) is 1.00. The molecule has 0 saturated heterocycles. The van der Waals surface area contributed by atoms with Crippen LogP contribution in [-0.2, 0) is 9.47 Å². The highest BCUT2D eigenvalue weighted by molar-refractivity contribution is 4.82. The number of hydrogen-bond donors (Lipinski definition) is 0. The Bertz CT molecular complexity index is 193. The van der Waals surface area contributed by atoms with Crippen molar-refractivity contribution in [1.29, 1.82) is 0 Å². The van der Waals surface area contributed by atoms with Gasteiger partial charge in [-0.3, -0.25) is 0 Å². The van der Waals surface area contributed by atoms with E-state index in [2.05, 4.69) is 13.8 Å². The van der Waals surface area contributed by atoms with E-state index < -0.39 is 0 Å². The highest BCUT2D eigenvalue weighted by Gasteiger charge is 2.32. The molecule has 0 spiro atoms. The van der Waals surface area contributed by atoms with Crippen LogP contribution >= 0.6 is 0 Å². The van der Waals surface area contributed by atoms with Crippen molar-refractivity contribution >= 4 is 0 Å². The molecule has 0 aromatic rings. The predicted molar refractivity (Wildman–Crippen MR) is 65.5 cm³/mol. The third-order valence-corrected chi connectivity index (χ3v) is 3.94. The summed E-state index contributed by atoms with van der Waals surface area (Å²) in [6.07, 6.45) is 8.58. The third kappa shape index (κ3) is 3.46. The van der Waals surface area contributed by atoms with Crippen LogP contribution in [0.5, 0.6) is 0 Å². The van der Waals surface area contributed by atoms with Crippen molar-refractivity contribution in [2.45, 2.75) is 64.6 Å². The Morgan fingerprint density at radius 2 is 1.69 bits per heavy atom. The van der Waals surface area contributed by atoms with Gasteiger partial charge in [0.15, 0.2) is 0 Å². The quantitative estimate of drug-likeness (QED) is 0.619. The van der Waals surface area contributed by atoms with Gasteiger partial charge in [0.2, 0.25) is 0 Å². The molecule has 0 aromatic carbocycles. The summed E-state index contributed by atoms with van der Waals surface area (Å²) >= 11 is 0. The summed E-state index contributed by atoms with van der Waals surface area (Å²) in [5, 5.41) is 0. The second-order valence-electron chi connectivity index (χ2n) is 5.72. The topological polar surface area (TPSA) is 18.5 Å². The van der Waals surface area contributed by atoms with Crippen molar-refractivity contribution in [3.63, 3.8) is 0 Å². The summed E-state index contributed by atoms with van der Waals surface area (Å²) in [6.45, 7) is 6.45. The molecule has 2 saturated carbocycles. The van der Waals surface area contributed by atoms with E-state index in [0.29, 0.717) is 12.2 Å². The molecular weight excluding hydrogens is 200 g/mol.